The lowest BCUT2D eigenvalue weighted by atomic mass is 10.1. The second-order valence-electron chi connectivity index (χ2n) is 8.78. The standard InChI is InChI=1S/C28H32N4O4S/c1-5-7-8-25-31-32-26(29)22(27(33)30-28(32)37-25)16-20-9-10-23(24(17-20)34-6-2)36-12-11-35-21-14-18(3)13-19(4)15-21/h9-10,13-17,29H,5-8,11-12H2,1-4H3/b22-16+,29-26?. The molecule has 0 bridgehead atoms. The molecule has 2 heterocycles. The number of hydrazone groups is 1. The molecule has 0 aliphatic carbocycles. The van der Waals surface area contributed by atoms with Crippen molar-refractivity contribution >= 4 is 39.8 Å². The summed E-state index contributed by atoms with van der Waals surface area (Å²) >= 11 is 1.36. The number of amidine groups is 2. The number of hydrogen-bond donors (Lipinski definition) is 1. The third-order valence-electron chi connectivity index (χ3n) is 5.62. The van der Waals surface area contributed by atoms with E-state index in [1.807, 2.05) is 39.0 Å². The number of carbonyl (C=O) groups excluding carboxylic acids is 1. The Hall–Kier alpha value is -3.59. The van der Waals surface area contributed by atoms with Gasteiger partial charge in [-0.05, 0) is 92.4 Å². The normalized spacial score (nSPS) is 16.0. The van der Waals surface area contributed by atoms with Gasteiger partial charge in [-0.1, -0.05) is 25.5 Å². The molecule has 37 heavy (non-hydrogen) atoms. The SMILES string of the molecule is CCCCC1=NN2C(=N)/C(=C\c3ccc(OCCOc4cc(C)cc(C)c4)c(OCC)c3)C(=O)N=C2S1. The van der Waals surface area contributed by atoms with Crippen molar-refractivity contribution in [1.82, 2.24) is 5.01 Å². The third kappa shape index (κ3) is 6.60. The maximum Gasteiger partial charge on any atom is 0.283 e. The Morgan fingerprint density at radius 3 is 2.49 bits per heavy atom. The van der Waals surface area contributed by atoms with E-state index in [2.05, 4.69) is 23.1 Å². The van der Waals surface area contributed by atoms with Crippen LogP contribution in [0.25, 0.3) is 6.08 Å². The van der Waals surface area contributed by atoms with Crippen molar-refractivity contribution in [2.75, 3.05) is 19.8 Å². The lowest BCUT2D eigenvalue weighted by Crippen LogP contribution is -2.35. The number of aryl methyl sites for hydroxylation is 2. The van der Waals surface area contributed by atoms with Gasteiger partial charge in [0.05, 0.1) is 12.2 Å². The molecule has 4 rings (SSSR count). The number of thioether (sulfide) groups is 1. The molecular weight excluding hydrogens is 488 g/mol. The van der Waals surface area contributed by atoms with Crippen molar-refractivity contribution in [1.29, 1.82) is 5.41 Å². The third-order valence-corrected chi connectivity index (χ3v) is 6.59. The second-order valence-corrected chi connectivity index (χ2v) is 9.82. The zero-order chi connectivity index (χ0) is 26.4. The number of rotatable bonds is 11. The Balaban J connectivity index is 1.45. The number of nitrogens with one attached hydrogen (secondary N) is 1. The number of carbonyl (C=O) groups is 1. The van der Waals surface area contributed by atoms with Gasteiger partial charge in [0.2, 0.25) is 5.17 Å². The van der Waals surface area contributed by atoms with Gasteiger partial charge in [0, 0.05) is 0 Å². The number of unbranched alkanes of at least 4 members (excludes halogenated alkanes) is 1. The maximum absolute atomic E-state index is 12.7. The summed E-state index contributed by atoms with van der Waals surface area (Å²) in [6.07, 6.45) is 4.51. The average molecular weight is 521 g/mol. The van der Waals surface area contributed by atoms with Crippen LogP contribution in [0.1, 0.15) is 49.8 Å². The van der Waals surface area contributed by atoms with Gasteiger partial charge in [-0.15, -0.1) is 0 Å². The summed E-state index contributed by atoms with van der Waals surface area (Å²) in [5, 5.41) is 15.8. The molecule has 1 N–H and O–H groups in total. The molecule has 0 unspecified atom stereocenters. The molecular formula is C28H32N4O4S. The first-order valence-corrected chi connectivity index (χ1v) is 13.3. The van der Waals surface area contributed by atoms with Crippen LogP contribution in [-0.2, 0) is 4.79 Å². The van der Waals surface area contributed by atoms with Crippen molar-refractivity contribution in [3.63, 3.8) is 0 Å². The summed E-state index contributed by atoms with van der Waals surface area (Å²) in [6.45, 7) is 9.28. The molecule has 0 radical (unpaired) electrons. The van der Waals surface area contributed by atoms with E-state index in [1.165, 1.54) is 16.8 Å². The molecule has 0 aromatic heterocycles. The predicted molar refractivity (Wildman–Crippen MR) is 149 cm³/mol. The van der Waals surface area contributed by atoms with Crippen LogP contribution in [0.3, 0.4) is 0 Å². The summed E-state index contributed by atoms with van der Waals surface area (Å²) in [7, 11) is 0. The summed E-state index contributed by atoms with van der Waals surface area (Å²) < 4.78 is 17.6. The highest BCUT2D eigenvalue weighted by Gasteiger charge is 2.35. The van der Waals surface area contributed by atoms with Crippen molar-refractivity contribution in [2.24, 2.45) is 10.1 Å². The largest absolute Gasteiger partial charge is 0.490 e. The Labute approximate surface area is 221 Å². The Morgan fingerprint density at radius 2 is 1.76 bits per heavy atom. The van der Waals surface area contributed by atoms with Crippen molar-refractivity contribution in [3.05, 3.63) is 58.7 Å². The number of amides is 1. The van der Waals surface area contributed by atoms with Gasteiger partial charge in [-0.3, -0.25) is 10.2 Å². The fraction of sp³-hybridized carbons (Fsp3) is 0.357. The highest BCUT2D eigenvalue weighted by Crippen LogP contribution is 2.32. The number of benzene rings is 2. The molecule has 8 nitrogen and oxygen atoms in total. The van der Waals surface area contributed by atoms with Gasteiger partial charge in [0.15, 0.2) is 17.3 Å². The molecule has 2 aromatic carbocycles. The molecule has 2 aromatic rings. The van der Waals surface area contributed by atoms with Crippen molar-refractivity contribution in [2.45, 2.75) is 47.0 Å². The van der Waals surface area contributed by atoms with Crippen LogP contribution < -0.4 is 14.2 Å². The van der Waals surface area contributed by atoms with Gasteiger partial charge in [0.1, 0.15) is 24.0 Å². The summed E-state index contributed by atoms with van der Waals surface area (Å²) in [5.74, 6) is 1.53. The van der Waals surface area contributed by atoms with Crippen LogP contribution >= 0.6 is 11.8 Å². The van der Waals surface area contributed by atoms with Crippen LogP contribution in [0.2, 0.25) is 0 Å². The van der Waals surface area contributed by atoms with Crippen molar-refractivity contribution < 1.29 is 19.0 Å². The molecule has 0 saturated carbocycles. The number of nitrogens with zero attached hydrogens (tertiary/aromatic N) is 3. The topological polar surface area (TPSA) is 96.6 Å². The molecule has 194 valence electrons. The Morgan fingerprint density at radius 1 is 1.00 bits per heavy atom. The lowest BCUT2D eigenvalue weighted by Gasteiger charge is -2.20. The summed E-state index contributed by atoms with van der Waals surface area (Å²) in [4.78, 5) is 16.9. The first kappa shape index (κ1) is 26.5. The molecule has 0 saturated heterocycles. The van der Waals surface area contributed by atoms with Crippen LogP contribution in [0, 0.1) is 19.3 Å². The van der Waals surface area contributed by atoms with E-state index < -0.39 is 5.91 Å². The molecule has 0 spiro atoms. The monoisotopic (exact) mass is 520 g/mol. The zero-order valence-electron chi connectivity index (χ0n) is 21.7. The molecule has 2 aliphatic heterocycles. The fourth-order valence-corrected chi connectivity index (χ4v) is 4.88. The summed E-state index contributed by atoms with van der Waals surface area (Å²) in [5.41, 5.74) is 3.19. The minimum Gasteiger partial charge on any atom is -0.490 e. The van der Waals surface area contributed by atoms with Gasteiger partial charge < -0.3 is 14.2 Å². The lowest BCUT2D eigenvalue weighted by molar-refractivity contribution is -0.114. The summed E-state index contributed by atoms with van der Waals surface area (Å²) in [6, 6.07) is 11.5. The van der Waals surface area contributed by atoms with E-state index in [1.54, 1.807) is 18.2 Å². The molecule has 2 aliphatic rings. The van der Waals surface area contributed by atoms with E-state index >= 15 is 0 Å². The first-order valence-electron chi connectivity index (χ1n) is 12.5. The molecule has 0 fully saturated rings. The van der Waals surface area contributed by atoms with Gasteiger partial charge in [-0.2, -0.15) is 15.1 Å². The minimum atomic E-state index is -0.447. The van der Waals surface area contributed by atoms with Crippen LogP contribution in [-0.4, -0.2) is 46.8 Å². The highest BCUT2D eigenvalue weighted by molar-refractivity contribution is 8.26. The highest BCUT2D eigenvalue weighted by atomic mass is 32.2. The zero-order valence-corrected chi connectivity index (χ0v) is 22.5. The number of ether oxygens (including phenoxy) is 3. The van der Waals surface area contributed by atoms with E-state index in [4.69, 9.17) is 19.6 Å². The maximum atomic E-state index is 12.7. The van der Waals surface area contributed by atoms with Gasteiger partial charge in [-0.25, -0.2) is 0 Å². The van der Waals surface area contributed by atoms with Crippen LogP contribution in [0.4, 0.5) is 0 Å². The number of hydrogen-bond acceptors (Lipinski definition) is 7. The molecule has 1 amide bonds. The Kier molecular flexibility index (Phi) is 8.66. The number of fused-ring (bicyclic) bond motifs is 1. The van der Waals surface area contributed by atoms with E-state index in [0.29, 0.717) is 42.1 Å². The van der Waals surface area contributed by atoms with Crippen LogP contribution in [0.15, 0.2) is 52.1 Å². The van der Waals surface area contributed by atoms with E-state index in [9.17, 15) is 4.79 Å². The minimum absolute atomic E-state index is 0.0239. The van der Waals surface area contributed by atoms with E-state index in [-0.39, 0.29) is 11.4 Å². The smallest absolute Gasteiger partial charge is 0.283 e. The molecule has 9 heteroatoms. The number of aliphatic imine (C=N–C) groups is 1. The fourth-order valence-electron chi connectivity index (χ4n) is 3.96. The molecule has 0 atom stereocenters. The first-order chi connectivity index (χ1) is 17.9. The predicted octanol–water partition coefficient (Wildman–Crippen LogP) is 5.97. The van der Waals surface area contributed by atoms with Gasteiger partial charge >= 0.3 is 0 Å². The average Bonchev–Trinajstić information content (AvgIpc) is 3.26. The second kappa shape index (κ2) is 12.1. The van der Waals surface area contributed by atoms with Crippen molar-refractivity contribution in [3.8, 4) is 17.2 Å². The van der Waals surface area contributed by atoms with Gasteiger partial charge in [0.25, 0.3) is 5.91 Å². The quantitative estimate of drug-likeness (QED) is 0.290. The van der Waals surface area contributed by atoms with E-state index in [0.717, 1.165) is 41.2 Å². The Bertz CT molecular complexity index is 1260. The van der Waals surface area contributed by atoms with Crippen LogP contribution in [0.5, 0.6) is 17.2 Å².